The zero-order valence-corrected chi connectivity index (χ0v) is 6.88. The first-order chi connectivity index (χ1) is 6.40. The summed E-state index contributed by atoms with van der Waals surface area (Å²) in [5.74, 6) is 4.95. The van der Waals surface area contributed by atoms with Gasteiger partial charge in [0, 0.05) is 17.8 Å². The van der Waals surface area contributed by atoms with Crippen molar-refractivity contribution in [3.05, 3.63) is 36.7 Å². The normalized spacial score (nSPS) is 11.1. The van der Waals surface area contributed by atoms with Gasteiger partial charge in [-0.3, -0.25) is 4.98 Å². The van der Waals surface area contributed by atoms with Gasteiger partial charge >= 0.3 is 0 Å². The maximum atomic E-state index is 4.95. The van der Waals surface area contributed by atoms with E-state index in [4.69, 9.17) is 5.84 Å². The van der Waals surface area contributed by atoms with Crippen LogP contribution in [-0.4, -0.2) is 4.98 Å². The minimum absolute atomic E-state index is 0.751. The number of fused-ring (bicyclic) bond motifs is 1. The van der Waals surface area contributed by atoms with Crippen LogP contribution >= 0.6 is 0 Å². The molecular weight excluding hydrogens is 164 g/mol. The summed E-state index contributed by atoms with van der Waals surface area (Å²) in [4.78, 5) is 4.01. The third-order valence-electron chi connectivity index (χ3n) is 1.80. The van der Waals surface area contributed by atoms with Gasteiger partial charge in [0.05, 0.1) is 5.69 Å². The molecule has 13 heavy (non-hydrogen) atoms. The zero-order chi connectivity index (χ0) is 9.10. The maximum Gasteiger partial charge on any atom is 0.0880 e. The van der Waals surface area contributed by atoms with Crippen molar-refractivity contribution in [3.8, 4) is 0 Å². The molecule has 0 atom stereocenters. The van der Waals surface area contributed by atoms with Crippen LogP contribution in [0.25, 0.3) is 10.8 Å². The Bertz CT molecular complexity index is 450. The molecule has 4 heteroatoms. The van der Waals surface area contributed by atoms with Gasteiger partial charge in [-0.15, -0.1) is 5.11 Å². The molecule has 0 aliphatic rings. The molecular formula is C9H8N4. The molecule has 2 N–H and O–H groups in total. The fraction of sp³-hybridized carbons (Fsp3) is 0. The molecule has 2 aromatic rings. The number of rotatable bonds is 1. The average Bonchev–Trinajstić information content (AvgIpc) is 2.18. The number of pyridine rings is 1. The second kappa shape index (κ2) is 3.18. The number of hydrogen-bond acceptors (Lipinski definition) is 3. The minimum atomic E-state index is 0.751. The van der Waals surface area contributed by atoms with Gasteiger partial charge in [0.15, 0.2) is 0 Å². The highest BCUT2D eigenvalue weighted by atomic mass is 15.3. The summed E-state index contributed by atoms with van der Waals surface area (Å²) in [6.45, 7) is 0. The Balaban J connectivity index is 2.62. The predicted molar refractivity (Wildman–Crippen MR) is 50.4 cm³/mol. The van der Waals surface area contributed by atoms with E-state index in [2.05, 4.69) is 15.3 Å². The molecule has 0 spiro atoms. The molecule has 1 aromatic heterocycles. The van der Waals surface area contributed by atoms with E-state index >= 15 is 0 Å². The van der Waals surface area contributed by atoms with E-state index < -0.39 is 0 Å². The van der Waals surface area contributed by atoms with Gasteiger partial charge in [0.2, 0.25) is 0 Å². The molecule has 0 saturated heterocycles. The standard InChI is InChI=1S/C9H8N4/c10-13-12-9-2-1-8-6-11-4-3-7(8)5-9/h1-6H,(H2,10,12). The molecule has 0 bridgehead atoms. The molecule has 0 aliphatic carbocycles. The molecule has 0 aliphatic heterocycles. The summed E-state index contributed by atoms with van der Waals surface area (Å²) in [6, 6.07) is 7.62. The van der Waals surface area contributed by atoms with Crippen LogP contribution < -0.4 is 5.84 Å². The summed E-state index contributed by atoms with van der Waals surface area (Å²) in [7, 11) is 0. The number of aromatic nitrogens is 1. The van der Waals surface area contributed by atoms with Gasteiger partial charge in [0.25, 0.3) is 0 Å². The van der Waals surface area contributed by atoms with Gasteiger partial charge in [-0.25, -0.2) is 0 Å². The van der Waals surface area contributed by atoms with Crippen LogP contribution in [0.1, 0.15) is 0 Å². The number of nitrogens with two attached hydrogens (primary N) is 1. The van der Waals surface area contributed by atoms with Gasteiger partial charge in [0.1, 0.15) is 0 Å². The SMILES string of the molecule is NN=Nc1ccc2cnccc2c1. The fourth-order valence-corrected chi connectivity index (χ4v) is 1.20. The van der Waals surface area contributed by atoms with Crippen LogP contribution in [0.2, 0.25) is 0 Å². The molecule has 0 saturated carbocycles. The Hall–Kier alpha value is -1.97. The van der Waals surface area contributed by atoms with Gasteiger partial charge in [-0.2, -0.15) is 0 Å². The van der Waals surface area contributed by atoms with Crippen molar-refractivity contribution in [1.29, 1.82) is 0 Å². The topological polar surface area (TPSA) is 63.6 Å². The lowest BCUT2D eigenvalue weighted by atomic mass is 10.2. The molecule has 0 radical (unpaired) electrons. The van der Waals surface area contributed by atoms with E-state index in [1.807, 2.05) is 24.3 Å². The van der Waals surface area contributed by atoms with Crippen LogP contribution in [-0.2, 0) is 0 Å². The summed E-state index contributed by atoms with van der Waals surface area (Å²) in [5.41, 5.74) is 0.751. The van der Waals surface area contributed by atoms with Gasteiger partial charge < -0.3 is 5.84 Å². The minimum Gasteiger partial charge on any atom is -0.305 e. The van der Waals surface area contributed by atoms with E-state index in [0.717, 1.165) is 16.5 Å². The fourth-order valence-electron chi connectivity index (χ4n) is 1.20. The molecule has 1 aromatic carbocycles. The third-order valence-corrected chi connectivity index (χ3v) is 1.80. The first kappa shape index (κ1) is 7.67. The summed E-state index contributed by atoms with van der Waals surface area (Å²) in [6.07, 6.45) is 3.55. The van der Waals surface area contributed by atoms with E-state index in [1.54, 1.807) is 12.4 Å². The van der Waals surface area contributed by atoms with Crippen LogP contribution in [0.3, 0.4) is 0 Å². The van der Waals surface area contributed by atoms with E-state index in [9.17, 15) is 0 Å². The highest BCUT2D eigenvalue weighted by Gasteiger charge is 1.93. The van der Waals surface area contributed by atoms with Crippen LogP contribution in [0.15, 0.2) is 47.0 Å². The highest BCUT2D eigenvalue weighted by molar-refractivity contribution is 5.84. The molecule has 0 fully saturated rings. The number of nitrogens with zero attached hydrogens (tertiary/aromatic N) is 3. The molecule has 0 unspecified atom stereocenters. The summed E-state index contributed by atoms with van der Waals surface area (Å²) < 4.78 is 0. The lowest BCUT2D eigenvalue weighted by Gasteiger charge is -1.96. The first-order valence-corrected chi connectivity index (χ1v) is 3.85. The number of hydrogen-bond donors (Lipinski definition) is 1. The zero-order valence-electron chi connectivity index (χ0n) is 6.88. The van der Waals surface area contributed by atoms with Crippen molar-refractivity contribution in [2.75, 3.05) is 0 Å². The van der Waals surface area contributed by atoms with Crippen LogP contribution in [0.4, 0.5) is 5.69 Å². The molecule has 64 valence electrons. The first-order valence-electron chi connectivity index (χ1n) is 3.85. The van der Waals surface area contributed by atoms with Crippen LogP contribution in [0, 0.1) is 0 Å². The Kier molecular flexibility index (Phi) is 1.88. The molecule has 2 rings (SSSR count). The molecule has 4 nitrogen and oxygen atoms in total. The van der Waals surface area contributed by atoms with Gasteiger partial charge in [-0.05, 0) is 23.6 Å². The van der Waals surface area contributed by atoms with Crippen molar-refractivity contribution < 1.29 is 0 Å². The Morgan fingerprint density at radius 3 is 2.92 bits per heavy atom. The number of benzene rings is 1. The van der Waals surface area contributed by atoms with E-state index in [-0.39, 0.29) is 0 Å². The Labute approximate surface area is 75.1 Å². The lowest BCUT2D eigenvalue weighted by molar-refractivity contribution is 1.06. The Morgan fingerprint density at radius 2 is 2.08 bits per heavy atom. The summed E-state index contributed by atoms with van der Waals surface area (Å²) >= 11 is 0. The van der Waals surface area contributed by atoms with E-state index in [0.29, 0.717) is 0 Å². The highest BCUT2D eigenvalue weighted by Crippen LogP contribution is 2.19. The predicted octanol–water partition coefficient (Wildman–Crippen LogP) is 2.19. The Morgan fingerprint density at radius 1 is 1.15 bits per heavy atom. The van der Waals surface area contributed by atoms with E-state index in [1.165, 1.54) is 0 Å². The van der Waals surface area contributed by atoms with Crippen molar-refractivity contribution >= 4 is 16.5 Å². The largest absolute Gasteiger partial charge is 0.305 e. The molecule has 1 heterocycles. The molecule has 0 amide bonds. The monoisotopic (exact) mass is 172 g/mol. The van der Waals surface area contributed by atoms with Crippen molar-refractivity contribution in [2.24, 2.45) is 16.2 Å². The lowest BCUT2D eigenvalue weighted by Crippen LogP contribution is -1.76. The average molecular weight is 172 g/mol. The summed E-state index contributed by atoms with van der Waals surface area (Å²) in [5, 5.41) is 9.13. The second-order valence-corrected chi connectivity index (χ2v) is 2.62. The van der Waals surface area contributed by atoms with Crippen molar-refractivity contribution in [2.45, 2.75) is 0 Å². The second-order valence-electron chi connectivity index (χ2n) is 2.62. The van der Waals surface area contributed by atoms with Crippen molar-refractivity contribution in [3.63, 3.8) is 0 Å². The van der Waals surface area contributed by atoms with Gasteiger partial charge in [-0.1, -0.05) is 11.3 Å². The third kappa shape index (κ3) is 1.46. The van der Waals surface area contributed by atoms with Crippen molar-refractivity contribution in [1.82, 2.24) is 4.98 Å². The smallest absolute Gasteiger partial charge is 0.0880 e. The maximum absolute atomic E-state index is 4.95. The van der Waals surface area contributed by atoms with Crippen LogP contribution in [0.5, 0.6) is 0 Å². The quantitative estimate of drug-likeness (QED) is 0.407.